The molecule has 26 heavy (non-hydrogen) atoms. The van der Waals surface area contributed by atoms with Crippen LogP contribution in [-0.4, -0.2) is 34.9 Å². The number of aromatic nitrogens is 1. The minimum absolute atomic E-state index is 0.0897. The number of methoxy groups -OCH3 is 1. The van der Waals surface area contributed by atoms with Gasteiger partial charge in [0.25, 0.3) is 5.79 Å². The summed E-state index contributed by atoms with van der Waals surface area (Å²) in [6, 6.07) is 8.31. The Kier molecular flexibility index (Phi) is 4.38. The third kappa shape index (κ3) is 3.51. The monoisotopic (exact) mass is 355 g/mol. The molecule has 1 N–H and O–H groups in total. The van der Waals surface area contributed by atoms with Gasteiger partial charge in [0, 0.05) is 37.2 Å². The van der Waals surface area contributed by atoms with Crippen LogP contribution in [0.1, 0.15) is 19.4 Å². The molecule has 7 nitrogen and oxygen atoms in total. The number of nitrogens with zero attached hydrogens (tertiary/aromatic N) is 1. The van der Waals surface area contributed by atoms with Gasteiger partial charge in [-0.3, -0.25) is 0 Å². The van der Waals surface area contributed by atoms with E-state index in [0.717, 1.165) is 11.1 Å². The maximum absolute atomic E-state index is 12.1. The van der Waals surface area contributed by atoms with E-state index >= 15 is 0 Å². The molecular formula is C19H17NO6. The minimum Gasteiger partial charge on any atom is -0.507 e. The van der Waals surface area contributed by atoms with Crippen molar-refractivity contribution in [1.82, 2.24) is 4.98 Å². The minimum atomic E-state index is -1.32. The molecule has 0 atom stereocenters. The largest absolute Gasteiger partial charge is 0.507 e. The average molecular weight is 355 g/mol. The summed E-state index contributed by atoms with van der Waals surface area (Å²) in [6.45, 7) is 2.93. The molecule has 0 spiro atoms. The van der Waals surface area contributed by atoms with E-state index in [1.165, 1.54) is 33.1 Å². The number of ether oxygens (including phenoxy) is 3. The molecule has 0 amide bonds. The average Bonchev–Trinajstić information content (AvgIpc) is 2.59. The van der Waals surface area contributed by atoms with Gasteiger partial charge in [0.05, 0.1) is 7.11 Å². The Morgan fingerprint density at radius 2 is 1.73 bits per heavy atom. The standard InChI is InChI=1S/C19H17NO6/c1-19(2)25-17(22)14(18(23)26-19)9-13-8-11(4-6-15(13)21)12-5-7-16(24-3)20-10-12/h4-10,21H,1-3H3. The van der Waals surface area contributed by atoms with Crippen molar-refractivity contribution in [3.63, 3.8) is 0 Å². The van der Waals surface area contributed by atoms with Crippen LogP contribution in [-0.2, 0) is 19.1 Å². The number of carbonyl (C=O) groups excluding carboxylic acids is 2. The van der Waals surface area contributed by atoms with Crippen LogP contribution in [0.4, 0.5) is 0 Å². The van der Waals surface area contributed by atoms with Crippen LogP contribution in [0.25, 0.3) is 17.2 Å². The highest BCUT2D eigenvalue weighted by Crippen LogP contribution is 2.30. The summed E-state index contributed by atoms with van der Waals surface area (Å²) >= 11 is 0. The number of hydrogen-bond acceptors (Lipinski definition) is 7. The third-order valence-corrected chi connectivity index (χ3v) is 3.72. The highest BCUT2D eigenvalue weighted by Gasteiger charge is 2.38. The number of esters is 2. The van der Waals surface area contributed by atoms with Crippen LogP contribution in [0, 0.1) is 0 Å². The Bertz CT molecular complexity index is 877. The van der Waals surface area contributed by atoms with E-state index in [1.54, 1.807) is 30.5 Å². The highest BCUT2D eigenvalue weighted by atomic mass is 16.7. The number of carbonyl (C=O) groups is 2. The lowest BCUT2D eigenvalue weighted by atomic mass is 10.0. The molecule has 3 rings (SSSR count). The van der Waals surface area contributed by atoms with Crippen molar-refractivity contribution >= 4 is 18.0 Å². The predicted octanol–water partition coefficient (Wildman–Crippen LogP) is 2.68. The van der Waals surface area contributed by atoms with Gasteiger partial charge in [-0.2, -0.15) is 0 Å². The number of rotatable bonds is 3. The molecule has 0 aliphatic carbocycles. The normalized spacial score (nSPS) is 15.9. The van der Waals surface area contributed by atoms with Crippen molar-refractivity contribution in [1.29, 1.82) is 0 Å². The second kappa shape index (κ2) is 6.51. The van der Waals surface area contributed by atoms with Crippen LogP contribution >= 0.6 is 0 Å². The maximum Gasteiger partial charge on any atom is 0.348 e. The first-order valence-electron chi connectivity index (χ1n) is 7.81. The molecule has 1 aromatic heterocycles. The van der Waals surface area contributed by atoms with Gasteiger partial charge in [-0.25, -0.2) is 14.6 Å². The van der Waals surface area contributed by atoms with E-state index < -0.39 is 17.7 Å². The molecule has 2 aromatic rings. The number of aromatic hydroxyl groups is 1. The highest BCUT2D eigenvalue weighted by molar-refractivity contribution is 6.19. The van der Waals surface area contributed by atoms with E-state index in [-0.39, 0.29) is 16.9 Å². The Labute approximate surface area is 149 Å². The number of phenolic OH excluding ortho intramolecular Hbond substituents is 1. The fourth-order valence-corrected chi connectivity index (χ4v) is 2.46. The summed E-state index contributed by atoms with van der Waals surface area (Å²) in [5.41, 5.74) is 1.51. The summed E-state index contributed by atoms with van der Waals surface area (Å²) < 4.78 is 15.1. The van der Waals surface area contributed by atoms with Crippen LogP contribution in [0.3, 0.4) is 0 Å². The third-order valence-electron chi connectivity index (χ3n) is 3.72. The molecule has 1 saturated heterocycles. The summed E-state index contributed by atoms with van der Waals surface area (Å²) in [6.07, 6.45) is 2.86. The van der Waals surface area contributed by atoms with Gasteiger partial charge < -0.3 is 19.3 Å². The number of phenols is 1. The summed E-state index contributed by atoms with van der Waals surface area (Å²) in [4.78, 5) is 28.3. The Morgan fingerprint density at radius 3 is 2.31 bits per heavy atom. The van der Waals surface area contributed by atoms with Gasteiger partial charge >= 0.3 is 11.9 Å². The van der Waals surface area contributed by atoms with Gasteiger partial charge in [0.15, 0.2) is 0 Å². The summed E-state index contributed by atoms with van der Waals surface area (Å²) in [7, 11) is 1.52. The van der Waals surface area contributed by atoms with Gasteiger partial charge in [-0.05, 0) is 29.8 Å². The first-order valence-corrected chi connectivity index (χ1v) is 7.81. The van der Waals surface area contributed by atoms with E-state index in [0.29, 0.717) is 5.88 Å². The second-order valence-corrected chi connectivity index (χ2v) is 6.10. The van der Waals surface area contributed by atoms with E-state index in [4.69, 9.17) is 14.2 Å². The van der Waals surface area contributed by atoms with E-state index in [1.807, 2.05) is 0 Å². The van der Waals surface area contributed by atoms with Gasteiger partial charge in [0.1, 0.15) is 11.3 Å². The topological polar surface area (TPSA) is 95.0 Å². The first-order chi connectivity index (χ1) is 12.3. The number of benzene rings is 1. The molecule has 1 aliphatic heterocycles. The SMILES string of the molecule is COc1ccc(-c2ccc(O)c(C=C3C(=O)OC(C)(C)OC3=O)c2)cn1. The Balaban J connectivity index is 1.97. The molecule has 0 saturated carbocycles. The van der Waals surface area contributed by atoms with Crippen molar-refractivity contribution in [3.05, 3.63) is 47.7 Å². The molecule has 1 aliphatic rings. The van der Waals surface area contributed by atoms with Crippen LogP contribution in [0.15, 0.2) is 42.1 Å². The van der Waals surface area contributed by atoms with Crippen molar-refractivity contribution in [2.24, 2.45) is 0 Å². The number of hydrogen-bond donors (Lipinski definition) is 1. The molecular weight excluding hydrogens is 338 g/mol. The quantitative estimate of drug-likeness (QED) is 0.514. The zero-order valence-electron chi connectivity index (χ0n) is 14.5. The van der Waals surface area contributed by atoms with E-state index in [2.05, 4.69) is 4.98 Å². The van der Waals surface area contributed by atoms with Crippen molar-refractivity contribution in [2.45, 2.75) is 19.6 Å². The molecule has 0 unspecified atom stereocenters. The lowest BCUT2D eigenvalue weighted by Gasteiger charge is -2.29. The molecule has 2 heterocycles. The zero-order valence-corrected chi connectivity index (χ0v) is 14.5. The van der Waals surface area contributed by atoms with Crippen molar-refractivity contribution in [3.8, 4) is 22.8 Å². The summed E-state index contributed by atoms with van der Waals surface area (Å²) in [5.74, 6) is -2.54. The fourth-order valence-electron chi connectivity index (χ4n) is 2.46. The zero-order chi connectivity index (χ0) is 18.9. The van der Waals surface area contributed by atoms with Crippen LogP contribution in [0.2, 0.25) is 0 Å². The number of cyclic esters (lactones) is 2. The smallest absolute Gasteiger partial charge is 0.348 e. The number of pyridine rings is 1. The molecule has 1 aromatic carbocycles. The molecule has 1 fully saturated rings. The lowest BCUT2D eigenvalue weighted by molar-refractivity contribution is -0.222. The van der Waals surface area contributed by atoms with Crippen molar-refractivity contribution < 1.29 is 28.9 Å². The van der Waals surface area contributed by atoms with Crippen molar-refractivity contribution in [2.75, 3.05) is 7.11 Å². The second-order valence-electron chi connectivity index (χ2n) is 6.10. The van der Waals surface area contributed by atoms with Gasteiger partial charge in [0.2, 0.25) is 5.88 Å². The molecule has 7 heteroatoms. The first kappa shape index (κ1) is 17.5. The molecule has 134 valence electrons. The maximum atomic E-state index is 12.1. The lowest BCUT2D eigenvalue weighted by Crippen LogP contribution is -2.41. The van der Waals surface area contributed by atoms with Gasteiger partial charge in [-0.1, -0.05) is 6.07 Å². The van der Waals surface area contributed by atoms with Crippen LogP contribution < -0.4 is 4.74 Å². The molecule has 0 bridgehead atoms. The molecule has 0 radical (unpaired) electrons. The van der Waals surface area contributed by atoms with Crippen LogP contribution in [0.5, 0.6) is 11.6 Å². The predicted molar refractivity (Wildman–Crippen MR) is 92.1 cm³/mol. The van der Waals surface area contributed by atoms with E-state index in [9.17, 15) is 14.7 Å². The Hall–Kier alpha value is -3.35. The fraction of sp³-hybridized carbons (Fsp3) is 0.211. The van der Waals surface area contributed by atoms with Gasteiger partial charge in [-0.15, -0.1) is 0 Å². The Morgan fingerprint density at radius 1 is 1.08 bits per heavy atom. The summed E-state index contributed by atoms with van der Waals surface area (Å²) in [5, 5.41) is 10.1.